The summed E-state index contributed by atoms with van der Waals surface area (Å²) in [6.07, 6.45) is 0. The van der Waals surface area contributed by atoms with Gasteiger partial charge in [0, 0.05) is 28.4 Å². The number of nitro benzene ring substituents is 1. The number of fused-ring (bicyclic) bond motifs is 1. The largest absolute Gasteiger partial charge is 0.436 e. The van der Waals surface area contributed by atoms with Gasteiger partial charge in [0.25, 0.3) is 11.6 Å². The van der Waals surface area contributed by atoms with E-state index in [1.807, 2.05) is 0 Å². The minimum absolute atomic E-state index is 0.0146. The number of anilines is 1. The number of nitro groups is 1. The van der Waals surface area contributed by atoms with Gasteiger partial charge in [-0.15, -0.1) is 0 Å². The minimum Gasteiger partial charge on any atom is -0.436 e. The number of carbonyl (C=O) groups is 1. The lowest BCUT2D eigenvalue weighted by Crippen LogP contribution is -2.12. The van der Waals surface area contributed by atoms with Crippen LogP contribution in [0.3, 0.4) is 0 Å². The van der Waals surface area contributed by atoms with E-state index in [4.69, 9.17) is 27.6 Å². The quantitative estimate of drug-likeness (QED) is 0.319. The van der Waals surface area contributed by atoms with Gasteiger partial charge in [-0.25, -0.2) is 4.98 Å². The molecular weight excluding hydrogens is 417 g/mol. The van der Waals surface area contributed by atoms with Gasteiger partial charge in [0.15, 0.2) is 5.58 Å². The Bertz CT molecular complexity index is 1250. The molecular formula is C20H11Cl2N3O4. The predicted octanol–water partition coefficient (Wildman–Crippen LogP) is 5.96. The van der Waals surface area contributed by atoms with E-state index in [-0.39, 0.29) is 16.3 Å². The van der Waals surface area contributed by atoms with Crippen LogP contribution in [0.1, 0.15) is 10.4 Å². The van der Waals surface area contributed by atoms with Gasteiger partial charge in [0.2, 0.25) is 5.89 Å². The highest BCUT2D eigenvalue weighted by atomic mass is 35.5. The topological polar surface area (TPSA) is 98.3 Å². The Morgan fingerprint density at radius 2 is 1.79 bits per heavy atom. The fourth-order valence-electron chi connectivity index (χ4n) is 2.72. The molecule has 0 fully saturated rings. The number of benzene rings is 3. The van der Waals surface area contributed by atoms with Gasteiger partial charge in [-0.3, -0.25) is 14.9 Å². The van der Waals surface area contributed by atoms with Crippen molar-refractivity contribution in [3.63, 3.8) is 0 Å². The first-order valence-electron chi connectivity index (χ1n) is 8.32. The van der Waals surface area contributed by atoms with Crippen LogP contribution in [-0.2, 0) is 0 Å². The van der Waals surface area contributed by atoms with Crippen LogP contribution in [0.15, 0.2) is 65.1 Å². The lowest BCUT2D eigenvalue weighted by atomic mass is 10.1. The summed E-state index contributed by atoms with van der Waals surface area (Å²) in [5.74, 6) is -0.134. The summed E-state index contributed by atoms with van der Waals surface area (Å²) in [4.78, 5) is 27.2. The molecule has 3 aromatic carbocycles. The van der Waals surface area contributed by atoms with E-state index in [1.165, 1.54) is 12.1 Å². The Hall–Kier alpha value is -3.42. The number of carbonyl (C=O) groups excluding carboxylic acids is 1. The van der Waals surface area contributed by atoms with Crippen LogP contribution in [0.4, 0.5) is 11.4 Å². The van der Waals surface area contributed by atoms with E-state index in [1.54, 1.807) is 42.5 Å². The Kier molecular flexibility index (Phi) is 4.92. The normalized spacial score (nSPS) is 10.8. The number of halogens is 2. The van der Waals surface area contributed by atoms with Gasteiger partial charge in [0.05, 0.1) is 15.5 Å². The average molecular weight is 428 g/mol. The van der Waals surface area contributed by atoms with E-state index in [9.17, 15) is 14.9 Å². The zero-order valence-corrected chi connectivity index (χ0v) is 16.1. The highest BCUT2D eigenvalue weighted by Gasteiger charge is 2.16. The van der Waals surface area contributed by atoms with Gasteiger partial charge in [0.1, 0.15) is 5.52 Å². The molecule has 4 rings (SSSR count). The van der Waals surface area contributed by atoms with E-state index >= 15 is 0 Å². The maximum atomic E-state index is 12.5. The van der Waals surface area contributed by atoms with E-state index in [0.717, 1.165) is 6.07 Å². The van der Waals surface area contributed by atoms with Crippen molar-refractivity contribution in [1.82, 2.24) is 4.98 Å². The third-order valence-corrected chi connectivity index (χ3v) is 4.71. The van der Waals surface area contributed by atoms with Gasteiger partial charge in [-0.05, 0) is 48.5 Å². The zero-order chi connectivity index (χ0) is 20.5. The van der Waals surface area contributed by atoms with Crippen molar-refractivity contribution in [3.05, 3.63) is 86.4 Å². The van der Waals surface area contributed by atoms with Gasteiger partial charge in [-0.1, -0.05) is 23.2 Å². The second-order valence-corrected chi connectivity index (χ2v) is 6.93. The summed E-state index contributed by atoms with van der Waals surface area (Å²) in [5.41, 5.74) is 2.25. The van der Waals surface area contributed by atoms with Crippen molar-refractivity contribution >= 4 is 51.6 Å². The molecule has 0 saturated carbocycles. The number of hydrogen-bond donors (Lipinski definition) is 1. The molecule has 9 heteroatoms. The molecule has 1 aromatic heterocycles. The van der Waals surface area contributed by atoms with E-state index in [0.29, 0.717) is 33.3 Å². The fourth-order valence-corrected chi connectivity index (χ4v) is 3.09. The summed E-state index contributed by atoms with van der Waals surface area (Å²) >= 11 is 12.0. The highest BCUT2D eigenvalue weighted by molar-refractivity contribution is 6.34. The molecule has 7 nitrogen and oxygen atoms in total. The van der Waals surface area contributed by atoms with Crippen LogP contribution >= 0.6 is 23.2 Å². The number of hydrogen-bond acceptors (Lipinski definition) is 5. The lowest BCUT2D eigenvalue weighted by Gasteiger charge is -2.07. The van der Waals surface area contributed by atoms with Crippen molar-refractivity contribution in [1.29, 1.82) is 0 Å². The van der Waals surface area contributed by atoms with E-state index < -0.39 is 10.8 Å². The third-order valence-electron chi connectivity index (χ3n) is 4.14. The van der Waals surface area contributed by atoms with Crippen molar-refractivity contribution in [2.75, 3.05) is 5.32 Å². The van der Waals surface area contributed by atoms with Crippen LogP contribution in [0, 0.1) is 10.1 Å². The monoisotopic (exact) mass is 427 g/mol. The molecule has 0 radical (unpaired) electrons. The number of amides is 1. The summed E-state index contributed by atoms with van der Waals surface area (Å²) < 4.78 is 5.71. The summed E-state index contributed by atoms with van der Waals surface area (Å²) in [5, 5.41) is 14.3. The van der Waals surface area contributed by atoms with Gasteiger partial charge < -0.3 is 9.73 Å². The summed E-state index contributed by atoms with van der Waals surface area (Å²) in [6.45, 7) is 0. The summed E-state index contributed by atoms with van der Waals surface area (Å²) in [7, 11) is 0. The number of aromatic nitrogens is 1. The van der Waals surface area contributed by atoms with Crippen LogP contribution in [0.2, 0.25) is 10.0 Å². The highest BCUT2D eigenvalue weighted by Crippen LogP contribution is 2.28. The molecule has 4 aromatic rings. The summed E-state index contributed by atoms with van der Waals surface area (Å²) in [6, 6.07) is 15.7. The van der Waals surface area contributed by atoms with E-state index in [2.05, 4.69) is 10.3 Å². The van der Waals surface area contributed by atoms with Crippen molar-refractivity contribution in [3.8, 4) is 11.5 Å². The molecule has 0 aliphatic carbocycles. The Labute approximate surface area is 174 Å². The number of nitrogens with zero attached hydrogens (tertiary/aromatic N) is 2. The van der Waals surface area contributed by atoms with Gasteiger partial charge >= 0.3 is 0 Å². The zero-order valence-electron chi connectivity index (χ0n) is 14.6. The molecule has 29 heavy (non-hydrogen) atoms. The van der Waals surface area contributed by atoms with Crippen molar-refractivity contribution in [2.45, 2.75) is 0 Å². The predicted molar refractivity (Wildman–Crippen MR) is 111 cm³/mol. The van der Waals surface area contributed by atoms with Crippen LogP contribution in [-0.4, -0.2) is 15.8 Å². The van der Waals surface area contributed by atoms with Crippen LogP contribution < -0.4 is 5.32 Å². The molecule has 0 aliphatic heterocycles. The molecule has 0 spiro atoms. The molecule has 144 valence electrons. The first-order chi connectivity index (χ1) is 13.9. The first kappa shape index (κ1) is 18.9. The molecule has 0 aliphatic rings. The maximum absolute atomic E-state index is 12.5. The average Bonchev–Trinajstić information content (AvgIpc) is 3.11. The Morgan fingerprint density at radius 3 is 2.52 bits per heavy atom. The Morgan fingerprint density at radius 1 is 1.03 bits per heavy atom. The SMILES string of the molecule is O=C(Nc1ccc(-c2nc3cc(Cl)ccc3o2)cc1)c1cc([N+](=O)[O-])ccc1Cl. The lowest BCUT2D eigenvalue weighted by molar-refractivity contribution is -0.384. The maximum Gasteiger partial charge on any atom is 0.270 e. The van der Waals surface area contributed by atoms with Crippen molar-refractivity contribution in [2.24, 2.45) is 0 Å². The molecule has 0 saturated heterocycles. The Balaban J connectivity index is 1.55. The molecule has 1 heterocycles. The van der Waals surface area contributed by atoms with Crippen LogP contribution in [0.5, 0.6) is 0 Å². The fraction of sp³-hybridized carbons (Fsp3) is 0. The minimum atomic E-state index is -0.588. The first-order valence-corrected chi connectivity index (χ1v) is 9.08. The number of non-ortho nitro benzene ring substituents is 1. The molecule has 1 N–H and O–H groups in total. The standard InChI is InChI=1S/C20H11Cl2N3O4/c21-12-3-8-18-17(9-12)24-20(29-18)11-1-4-13(5-2-11)23-19(26)15-10-14(25(27)28)6-7-16(15)22/h1-10H,(H,23,26). The third kappa shape index (κ3) is 3.91. The molecule has 0 atom stereocenters. The molecule has 0 unspecified atom stereocenters. The van der Waals surface area contributed by atoms with Crippen molar-refractivity contribution < 1.29 is 14.1 Å². The number of rotatable bonds is 4. The number of oxazole rings is 1. The second-order valence-electron chi connectivity index (χ2n) is 6.08. The molecule has 1 amide bonds. The smallest absolute Gasteiger partial charge is 0.270 e. The van der Waals surface area contributed by atoms with Crippen LogP contribution in [0.25, 0.3) is 22.6 Å². The van der Waals surface area contributed by atoms with Gasteiger partial charge in [-0.2, -0.15) is 0 Å². The molecule has 0 bridgehead atoms. The number of nitrogens with one attached hydrogen (secondary N) is 1. The second kappa shape index (κ2) is 7.54.